The second kappa shape index (κ2) is 8.76. The predicted octanol–water partition coefficient (Wildman–Crippen LogP) is 3.30. The van der Waals surface area contributed by atoms with Gasteiger partial charge in [-0.05, 0) is 30.2 Å². The van der Waals surface area contributed by atoms with E-state index in [2.05, 4.69) is 0 Å². The number of aliphatic hydroxyl groups is 1. The van der Waals surface area contributed by atoms with Gasteiger partial charge in [-0.2, -0.15) is 0 Å². The molecule has 0 aliphatic rings. The molecule has 0 bridgehead atoms. The van der Waals surface area contributed by atoms with E-state index < -0.39 is 0 Å². The molecule has 0 spiro atoms. The molecule has 0 amide bonds. The molecule has 2 aromatic rings. The topological polar surface area (TPSA) is 55.8 Å². The molecule has 4 heteroatoms. The van der Waals surface area contributed by atoms with Gasteiger partial charge in [-0.25, -0.2) is 4.79 Å². The van der Waals surface area contributed by atoms with Crippen LogP contribution in [-0.2, 0) is 9.53 Å². The van der Waals surface area contributed by atoms with Crippen molar-refractivity contribution in [2.75, 3.05) is 19.8 Å². The number of esters is 1. The Labute approximate surface area is 136 Å². The molecule has 120 valence electrons. The molecule has 2 aromatic carbocycles. The number of aliphatic hydroxyl groups excluding tert-OH is 1. The molecule has 2 rings (SSSR count). The fourth-order valence-corrected chi connectivity index (χ4v) is 2.13. The van der Waals surface area contributed by atoms with Crippen molar-refractivity contribution < 1.29 is 19.4 Å². The zero-order valence-electron chi connectivity index (χ0n) is 13.1. The second-order valence-corrected chi connectivity index (χ2v) is 4.78. The third-order valence-corrected chi connectivity index (χ3v) is 3.14. The minimum absolute atomic E-state index is 0.0584. The Hall–Kier alpha value is -2.59. The number of ether oxygens (including phenoxy) is 2. The standard InChI is InChI=1S/C19H20O4/c1-2-22-19(21)11-9-15-8-10-17(16-6-4-3-5-7-16)18(14-15)23-13-12-20/h3-11,14,20H,2,12-13H2,1H3/b11-9+. The molecule has 0 fully saturated rings. The number of rotatable bonds is 7. The summed E-state index contributed by atoms with van der Waals surface area (Å²) in [4.78, 5) is 11.4. The summed E-state index contributed by atoms with van der Waals surface area (Å²) in [6, 6.07) is 15.5. The monoisotopic (exact) mass is 312 g/mol. The van der Waals surface area contributed by atoms with Crippen LogP contribution in [-0.4, -0.2) is 30.9 Å². The van der Waals surface area contributed by atoms with Gasteiger partial charge < -0.3 is 14.6 Å². The average Bonchev–Trinajstić information content (AvgIpc) is 2.59. The average molecular weight is 312 g/mol. The smallest absolute Gasteiger partial charge is 0.330 e. The summed E-state index contributed by atoms with van der Waals surface area (Å²) in [5.74, 6) is 0.286. The van der Waals surface area contributed by atoms with Crippen LogP contribution in [0.15, 0.2) is 54.6 Å². The van der Waals surface area contributed by atoms with Crippen LogP contribution >= 0.6 is 0 Å². The van der Waals surface area contributed by atoms with Crippen molar-refractivity contribution in [3.63, 3.8) is 0 Å². The Balaban J connectivity index is 2.29. The van der Waals surface area contributed by atoms with Gasteiger partial charge >= 0.3 is 5.97 Å². The molecule has 4 nitrogen and oxygen atoms in total. The van der Waals surface area contributed by atoms with Crippen LogP contribution in [0.25, 0.3) is 17.2 Å². The molecule has 0 saturated carbocycles. The van der Waals surface area contributed by atoms with Crippen LogP contribution in [0.1, 0.15) is 12.5 Å². The number of benzene rings is 2. The first-order valence-corrected chi connectivity index (χ1v) is 7.52. The molecule has 0 aliphatic heterocycles. The SMILES string of the molecule is CCOC(=O)/C=C/c1ccc(-c2ccccc2)c(OCCO)c1. The summed E-state index contributed by atoms with van der Waals surface area (Å²) in [6.07, 6.45) is 3.06. The van der Waals surface area contributed by atoms with E-state index in [1.807, 2.05) is 48.5 Å². The molecule has 0 radical (unpaired) electrons. The van der Waals surface area contributed by atoms with Gasteiger partial charge in [0.05, 0.1) is 13.2 Å². The van der Waals surface area contributed by atoms with Crippen LogP contribution in [0.5, 0.6) is 5.75 Å². The maximum Gasteiger partial charge on any atom is 0.330 e. The molecular formula is C19H20O4. The van der Waals surface area contributed by atoms with Gasteiger partial charge in [0.1, 0.15) is 12.4 Å². The Morgan fingerprint density at radius 1 is 1.17 bits per heavy atom. The number of carbonyl (C=O) groups is 1. The van der Waals surface area contributed by atoms with Gasteiger partial charge in [-0.15, -0.1) is 0 Å². The second-order valence-electron chi connectivity index (χ2n) is 4.78. The summed E-state index contributed by atoms with van der Waals surface area (Å²) in [6.45, 7) is 2.27. The first-order chi connectivity index (χ1) is 11.2. The van der Waals surface area contributed by atoms with Gasteiger partial charge in [0, 0.05) is 11.6 Å². The Kier molecular flexibility index (Phi) is 6.39. The van der Waals surface area contributed by atoms with E-state index in [4.69, 9.17) is 14.6 Å². The summed E-state index contributed by atoms with van der Waals surface area (Å²) in [5, 5.41) is 8.99. The maximum absolute atomic E-state index is 11.4. The lowest BCUT2D eigenvalue weighted by molar-refractivity contribution is -0.137. The highest BCUT2D eigenvalue weighted by molar-refractivity contribution is 5.87. The van der Waals surface area contributed by atoms with Crippen molar-refractivity contribution in [2.24, 2.45) is 0 Å². The number of hydrogen-bond acceptors (Lipinski definition) is 4. The molecule has 23 heavy (non-hydrogen) atoms. The van der Waals surface area contributed by atoms with E-state index in [-0.39, 0.29) is 19.2 Å². The molecular weight excluding hydrogens is 292 g/mol. The van der Waals surface area contributed by atoms with Crippen LogP contribution in [0.3, 0.4) is 0 Å². The largest absolute Gasteiger partial charge is 0.491 e. The molecule has 0 saturated heterocycles. The summed E-state index contributed by atoms with van der Waals surface area (Å²) in [5.41, 5.74) is 2.79. The predicted molar refractivity (Wildman–Crippen MR) is 90.1 cm³/mol. The van der Waals surface area contributed by atoms with Crippen molar-refractivity contribution in [3.8, 4) is 16.9 Å². The summed E-state index contributed by atoms with van der Waals surface area (Å²) < 4.78 is 10.5. The van der Waals surface area contributed by atoms with E-state index in [0.717, 1.165) is 16.7 Å². The first kappa shape index (κ1) is 16.8. The maximum atomic E-state index is 11.4. The lowest BCUT2D eigenvalue weighted by Gasteiger charge is -2.12. The fourth-order valence-electron chi connectivity index (χ4n) is 2.13. The van der Waals surface area contributed by atoms with Crippen molar-refractivity contribution in [1.82, 2.24) is 0 Å². The van der Waals surface area contributed by atoms with Crippen LogP contribution < -0.4 is 4.74 Å². The highest BCUT2D eigenvalue weighted by Gasteiger charge is 2.07. The van der Waals surface area contributed by atoms with Gasteiger partial charge in [0.2, 0.25) is 0 Å². The fraction of sp³-hybridized carbons (Fsp3) is 0.211. The van der Waals surface area contributed by atoms with Gasteiger partial charge in [0.15, 0.2) is 0 Å². The van der Waals surface area contributed by atoms with Crippen molar-refractivity contribution >= 4 is 12.0 Å². The molecule has 1 N–H and O–H groups in total. The Morgan fingerprint density at radius 3 is 2.65 bits per heavy atom. The first-order valence-electron chi connectivity index (χ1n) is 7.52. The lowest BCUT2D eigenvalue weighted by Crippen LogP contribution is -2.03. The highest BCUT2D eigenvalue weighted by atomic mass is 16.5. The van der Waals surface area contributed by atoms with Crippen molar-refractivity contribution in [3.05, 3.63) is 60.2 Å². The summed E-state index contributed by atoms with van der Waals surface area (Å²) >= 11 is 0. The number of hydrogen-bond donors (Lipinski definition) is 1. The molecule has 0 aliphatic carbocycles. The van der Waals surface area contributed by atoms with E-state index in [1.54, 1.807) is 13.0 Å². The molecule has 0 unspecified atom stereocenters. The number of carbonyl (C=O) groups excluding carboxylic acids is 1. The van der Waals surface area contributed by atoms with Crippen LogP contribution in [0.2, 0.25) is 0 Å². The molecule has 0 heterocycles. The Morgan fingerprint density at radius 2 is 1.96 bits per heavy atom. The molecule has 0 aromatic heterocycles. The lowest BCUT2D eigenvalue weighted by atomic mass is 10.0. The van der Waals surface area contributed by atoms with E-state index in [0.29, 0.717) is 12.4 Å². The third-order valence-electron chi connectivity index (χ3n) is 3.14. The van der Waals surface area contributed by atoms with Gasteiger partial charge in [0.25, 0.3) is 0 Å². The van der Waals surface area contributed by atoms with Crippen molar-refractivity contribution in [2.45, 2.75) is 6.92 Å². The zero-order chi connectivity index (χ0) is 16.5. The highest BCUT2D eigenvalue weighted by Crippen LogP contribution is 2.31. The van der Waals surface area contributed by atoms with Gasteiger partial charge in [-0.1, -0.05) is 42.5 Å². The quantitative estimate of drug-likeness (QED) is 0.629. The normalized spacial score (nSPS) is 10.7. The van der Waals surface area contributed by atoms with Crippen LogP contribution in [0, 0.1) is 0 Å². The summed E-state index contributed by atoms with van der Waals surface area (Å²) in [7, 11) is 0. The molecule has 0 atom stereocenters. The van der Waals surface area contributed by atoms with E-state index in [9.17, 15) is 4.79 Å². The third kappa shape index (κ3) is 4.97. The zero-order valence-corrected chi connectivity index (χ0v) is 13.1. The van der Waals surface area contributed by atoms with Crippen LogP contribution in [0.4, 0.5) is 0 Å². The minimum Gasteiger partial charge on any atom is -0.491 e. The van der Waals surface area contributed by atoms with E-state index >= 15 is 0 Å². The van der Waals surface area contributed by atoms with E-state index in [1.165, 1.54) is 6.08 Å². The van der Waals surface area contributed by atoms with Gasteiger partial charge in [-0.3, -0.25) is 0 Å². The minimum atomic E-state index is -0.377. The Bertz CT molecular complexity index is 662. The van der Waals surface area contributed by atoms with Crippen molar-refractivity contribution in [1.29, 1.82) is 0 Å².